The van der Waals surface area contributed by atoms with Crippen LogP contribution < -0.4 is 0 Å². The SMILES string of the molecule is C=CC=Cc1ccc2ccccc2n1. The molecule has 0 aliphatic heterocycles. The average Bonchev–Trinajstić information content (AvgIpc) is 2.26. The lowest BCUT2D eigenvalue weighted by Crippen LogP contribution is -1.81. The zero-order valence-electron chi connectivity index (χ0n) is 7.85. The van der Waals surface area contributed by atoms with Gasteiger partial charge in [0.2, 0.25) is 0 Å². The molecule has 1 heteroatoms. The van der Waals surface area contributed by atoms with E-state index in [2.05, 4.69) is 23.7 Å². The molecular weight excluding hydrogens is 170 g/mol. The van der Waals surface area contributed by atoms with Gasteiger partial charge in [0.05, 0.1) is 11.2 Å². The minimum Gasteiger partial charge on any atom is -0.248 e. The van der Waals surface area contributed by atoms with Gasteiger partial charge in [-0.3, -0.25) is 0 Å². The number of benzene rings is 1. The van der Waals surface area contributed by atoms with Crippen molar-refractivity contribution in [2.75, 3.05) is 0 Å². The zero-order chi connectivity index (χ0) is 9.80. The second-order valence-electron chi connectivity index (χ2n) is 3.02. The largest absolute Gasteiger partial charge is 0.248 e. The summed E-state index contributed by atoms with van der Waals surface area (Å²) in [6.45, 7) is 3.62. The maximum absolute atomic E-state index is 4.48. The van der Waals surface area contributed by atoms with Crippen LogP contribution in [0.3, 0.4) is 0 Å². The number of rotatable bonds is 2. The fourth-order valence-electron chi connectivity index (χ4n) is 1.34. The Kier molecular flexibility index (Phi) is 2.41. The van der Waals surface area contributed by atoms with Crippen molar-refractivity contribution < 1.29 is 0 Å². The number of nitrogens with zero attached hydrogens (tertiary/aromatic N) is 1. The molecule has 0 saturated carbocycles. The highest BCUT2D eigenvalue weighted by Crippen LogP contribution is 2.12. The van der Waals surface area contributed by atoms with E-state index in [9.17, 15) is 0 Å². The Morgan fingerprint density at radius 1 is 1.07 bits per heavy atom. The predicted octanol–water partition coefficient (Wildman–Crippen LogP) is 3.43. The summed E-state index contributed by atoms with van der Waals surface area (Å²) in [5.74, 6) is 0. The Balaban J connectivity index is 2.51. The van der Waals surface area contributed by atoms with Crippen LogP contribution in [-0.4, -0.2) is 4.98 Å². The monoisotopic (exact) mass is 181 g/mol. The molecule has 2 rings (SSSR count). The number of hydrogen-bond acceptors (Lipinski definition) is 1. The molecule has 0 aliphatic carbocycles. The minimum absolute atomic E-state index is 0.962. The Labute approximate surface area is 83.4 Å². The van der Waals surface area contributed by atoms with E-state index in [4.69, 9.17) is 0 Å². The topological polar surface area (TPSA) is 12.9 Å². The first-order chi connectivity index (χ1) is 6.90. The molecular formula is C13H11N. The Hall–Kier alpha value is -1.89. The molecule has 0 amide bonds. The first kappa shape index (κ1) is 8.70. The lowest BCUT2D eigenvalue weighted by atomic mass is 10.2. The van der Waals surface area contributed by atoms with Crippen molar-refractivity contribution in [2.45, 2.75) is 0 Å². The van der Waals surface area contributed by atoms with Gasteiger partial charge in [-0.2, -0.15) is 0 Å². The fourth-order valence-corrected chi connectivity index (χ4v) is 1.34. The molecule has 0 fully saturated rings. The van der Waals surface area contributed by atoms with Crippen molar-refractivity contribution in [1.82, 2.24) is 4.98 Å². The normalized spacial score (nSPS) is 10.9. The second kappa shape index (κ2) is 3.88. The Bertz CT molecular complexity index is 483. The van der Waals surface area contributed by atoms with E-state index in [1.54, 1.807) is 6.08 Å². The molecule has 0 bridgehead atoms. The maximum atomic E-state index is 4.48. The summed E-state index contributed by atoms with van der Waals surface area (Å²) in [4.78, 5) is 4.48. The van der Waals surface area contributed by atoms with E-state index >= 15 is 0 Å². The molecule has 14 heavy (non-hydrogen) atoms. The summed E-state index contributed by atoms with van der Waals surface area (Å²) in [6, 6.07) is 12.2. The van der Waals surface area contributed by atoms with Crippen molar-refractivity contribution in [3.05, 3.63) is 60.8 Å². The van der Waals surface area contributed by atoms with E-state index in [1.165, 1.54) is 5.39 Å². The summed E-state index contributed by atoms with van der Waals surface area (Å²) >= 11 is 0. The number of hydrogen-bond donors (Lipinski definition) is 0. The van der Waals surface area contributed by atoms with Gasteiger partial charge in [-0.25, -0.2) is 4.98 Å². The summed E-state index contributed by atoms with van der Waals surface area (Å²) in [5, 5.41) is 1.17. The zero-order valence-corrected chi connectivity index (χ0v) is 7.85. The molecule has 0 atom stereocenters. The minimum atomic E-state index is 0.962. The van der Waals surface area contributed by atoms with Crippen LogP contribution in [0.4, 0.5) is 0 Å². The molecule has 0 N–H and O–H groups in total. The summed E-state index contributed by atoms with van der Waals surface area (Å²) < 4.78 is 0. The number of allylic oxidation sites excluding steroid dienone is 2. The molecule has 0 spiro atoms. The van der Waals surface area contributed by atoms with Crippen LogP contribution in [0.1, 0.15) is 5.69 Å². The van der Waals surface area contributed by atoms with Crippen LogP contribution >= 0.6 is 0 Å². The van der Waals surface area contributed by atoms with Crippen LogP contribution in [0.5, 0.6) is 0 Å². The standard InChI is InChI=1S/C13H11N/c1-2-3-7-12-10-9-11-6-4-5-8-13(11)14-12/h2-10H,1H2. The van der Waals surface area contributed by atoms with Gasteiger partial charge in [0.25, 0.3) is 0 Å². The molecule has 1 aromatic heterocycles. The maximum Gasteiger partial charge on any atom is 0.0709 e. The van der Waals surface area contributed by atoms with Gasteiger partial charge in [0.1, 0.15) is 0 Å². The number of fused-ring (bicyclic) bond motifs is 1. The molecule has 1 aromatic carbocycles. The van der Waals surface area contributed by atoms with Gasteiger partial charge in [-0.1, -0.05) is 43.0 Å². The van der Waals surface area contributed by atoms with Gasteiger partial charge in [0.15, 0.2) is 0 Å². The van der Waals surface area contributed by atoms with Crippen molar-refractivity contribution >= 4 is 17.0 Å². The molecule has 0 radical (unpaired) electrons. The first-order valence-electron chi connectivity index (χ1n) is 4.55. The second-order valence-corrected chi connectivity index (χ2v) is 3.02. The molecule has 0 unspecified atom stereocenters. The van der Waals surface area contributed by atoms with Crippen molar-refractivity contribution in [3.63, 3.8) is 0 Å². The van der Waals surface area contributed by atoms with E-state index in [1.807, 2.05) is 36.4 Å². The van der Waals surface area contributed by atoms with E-state index in [0.717, 1.165) is 11.2 Å². The highest BCUT2D eigenvalue weighted by atomic mass is 14.7. The van der Waals surface area contributed by atoms with Crippen molar-refractivity contribution in [2.24, 2.45) is 0 Å². The van der Waals surface area contributed by atoms with Crippen LogP contribution in [0, 0.1) is 0 Å². The van der Waals surface area contributed by atoms with E-state index in [0.29, 0.717) is 0 Å². The Morgan fingerprint density at radius 2 is 1.93 bits per heavy atom. The first-order valence-corrected chi connectivity index (χ1v) is 4.55. The van der Waals surface area contributed by atoms with Gasteiger partial charge < -0.3 is 0 Å². The van der Waals surface area contributed by atoms with Crippen molar-refractivity contribution in [1.29, 1.82) is 0 Å². The Morgan fingerprint density at radius 3 is 2.79 bits per heavy atom. The fraction of sp³-hybridized carbons (Fsp3) is 0. The predicted molar refractivity (Wildman–Crippen MR) is 61.0 cm³/mol. The third-order valence-corrected chi connectivity index (χ3v) is 2.02. The number of pyridine rings is 1. The van der Waals surface area contributed by atoms with Crippen molar-refractivity contribution in [3.8, 4) is 0 Å². The number of aromatic nitrogens is 1. The third-order valence-electron chi connectivity index (χ3n) is 2.02. The summed E-state index contributed by atoms with van der Waals surface area (Å²) in [5.41, 5.74) is 1.99. The quantitative estimate of drug-likeness (QED) is 0.647. The summed E-state index contributed by atoms with van der Waals surface area (Å²) in [6.07, 6.45) is 5.58. The van der Waals surface area contributed by atoms with Crippen LogP contribution in [0.2, 0.25) is 0 Å². The average molecular weight is 181 g/mol. The lowest BCUT2D eigenvalue weighted by molar-refractivity contribution is 1.37. The van der Waals surface area contributed by atoms with Crippen LogP contribution in [0.25, 0.3) is 17.0 Å². The van der Waals surface area contributed by atoms with Gasteiger partial charge in [-0.15, -0.1) is 0 Å². The van der Waals surface area contributed by atoms with Crippen LogP contribution in [0.15, 0.2) is 55.1 Å². The van der Waals surface area contributed by atoms with Gasteiger partial charge >= 0.3 is 0 Å². The molecule has 0 saturated heterocycles. The van der Waals surface area contributed by atoms with E-state index in [-0.39, 0.29) is 0 Å². The highest BCUT2D eigenvalue weighted by Gasteiger charge is 1.93. The third kappa shape index (κ3) is 1.72. The molecule has 2 aromatic rings. The van der Waals surface area contributed by atoms with E-state index < -0.39 is 0 Å². The summed E-state index contributed by atoms with van der Waals surface area (Å²) in [7, 11) is 0. The molecule has 68 valence electrons. The smallest absolute Gasteiger partial charge is 0.0709 e. The molecule has 1 heterocycles. The van der Waals surface area contributed by atoms with Crippen LogP contribution in [-0.2, 0) is 0 Å². The highest BCUT2D eigenvalue weighted by molar-refractivity contribution is 5.79. The lowest BCUT2D eigenvalue weighted by Gasteiger charge is -1.97. The molecule has 1 nitrogen and oxygen atoms in total. The van der Waals surface area contributed by atoms with Gasteiger partial charge in [0, 0.05) is 5.39 Å². The number of para-hydroxylation sites is 1. The molecule has 0 aliphatic rings. The van der Waals surface area contributed by atoms with Gasteiger partial charge in [-0.05, 0) is 18.2 Å².